The van der Waals surface area contributed by atoms with Crippen molar-refractivity contribution >= 4 is 5.91 Å². The van der Waals surface area contributed by atoms with Gasteiger partial charge in [0.15, 0.2) is 5.76 Å². The molecule has 1 aromatic rings. The third-order valence-corrected chi connectivity index (χ3v) is 2.55. The first kappa shape index (κ1) is 12.1. The van der Waals surface area contributed by atoms with E-state index in [9.17, 15) is 4.79 Å². The summed E-state index contributed by atoms with van der Waals surface area (Å²) < 4.78 is 10.4. The first-order chi connectivity index (χ1) is 8.24. The Morgan fingerprint density at radius 2 is 2.59 bits per heavy atom. The van der Waals surface area contributed by atoms with Crippen LogP contribution in [0.25, 0.3) is 0 Å². The van der Waals surface area contributed by atoms with Crippen LogP contribution in [0.1, 0.15) is 17.9 Å². The normalized spacial score (nSPS) is 20.2. The van der Waals surface area contributed by atoms with Gasteiger partial charge >= 0.3 is 0 Å². The van der Waals surface area contributed by atoms with Crippen molar-refractivity contribution in [3.05, 3.63) is 17.5 Å². The zero-order valence-corrected chi connectivity index (χ0v) is 9.86. The molecule has 0 saturated carbocycles. The maximum Gasteiger partial charge on any atom is 0.223 e. The summed E-state index contributed by atoms with van der Waals surface area (Å²) >= 11 is 0. The minimum Gasteiger partial charge on any atom is -0.375 e. The number of carbonyl (C=O) groups is 1. The van der Waals surface area contributed by atoms with Gasteiger partial charge in [-0.1, -0.05) is 5.16 Å². The van der Waals surface area contributed by atoms with Crippen LogP contribution in [0.15, 0.2) is 10.6 Å². The first-order valence-electron chi connectivity index (χ1n) is 5.75. The highest BCUT2D eigenvalue weighted by Gasteiger charge is 2.17. The number of carbonyl (C=O) groups excluding carboxylic acids is 1. The van der Waals surface area contributed by atoms with Crippen molar-refractivity contribution in [2.75, 3.05) is 19.7 Å². The summed E-state index contributed by atoms with van der Waals surface area (Å²) in [6.45, 7) is 4.47. The van der Waals surface area contributed by atoms with Crippen molar-refractivity contribution in [1.82, 2.24) is 15.8 Å². The third kappa shape index (κ3) is 3.83. The summed E-state index contributed by atoms with van der Waals surface area (Å²) in [5.41, 5.74) is 0.814. The Balaban J connectivity index is 1.70. The first-order valence-corrected chi connectivity index (χ1v) is 5.75. The molecule has 1 unspecified atom stereocenters. The number of rotatable bonds is 4. The van der Waals surface area contributed by atoms with Crippen molar-refractivity contribution in [1.29, 1.82) is 0 Å². The maximum absolute atomic E-state index is 11.6. The molecule has 2 heterocycles. The fourth-order valence-corrected chi connectivity index (χ4v) is 1.72. The van der Waals surface area contributed by atoms with Crippen LogP contribution in [0, 0.1) is 6.92 Å². The molecule has 2 rings (SSSR count). The van der Waals surface area contributed by atoms with Crippen LogP contribution >= 0.6 is 0 Å². The van der Waals surface area contributed by atoms with Crippen LogP contribution in [-0.2, 0) is 16.1 Å². The summed E-state index contributed by atoms with van der Waals surface area (Å²) in [5, 5.41) is 9.71. The van der Waals surface area contributed by atoms with Gasteiger partial charge in [-0.3, -0.25) is 4.79 Å². The van der Waals surface area contributed by atoms with E-state index in [0.29, 0.717) is 25.3 Å². The summed E-state index contributed by atoms with van der Waals surface area (Å²) in [5.74, 6) is 0.631. The average molecular weight is 239 g/mol. The predicted octanol–water partition coefficient (Wildman–Crippen LogP) is -0.0223. The summed E-state index contributed by atoms with van der Waals surface area (Å²) in [4.78, 5) is 11.6. The van der Waals surface area contributed by atoms with Crippen LogP contribution in [0.3, 0.4) is 0 Å². The molecule has 2 N–H and O–H groups in total. The van der Waals surface area contributed by atoms with Gasteiger partial charge in [0.1, 0.15) is 0 Å². The fourth-order valence-electron chi connectivity index (χ4n) is 1.72. The van der Waals surface area contributed by atoms with E-state index < -0.39 is 0 Å². The molecule has 0 radical (unpaired) electrons. The van der Waals surface area contributed by atoms with Crippen molar-refractivity contribution in [3.63, 3.8) is 0 Å². The van der Waals surface area contributed by atoms with Crippen LogP contribution in [0.2, 0.25) is 0 Å². The van der Waals surface area contributed by atoms with Gasteiger partial charge in [-0.25, -0.2) is 0 Å². The fraction of sp³-hybridized carbons (Fsp3) is 0.636. The molecule has 1 aliphatic rings. The topological polar surface area (TPSA) is 76.4 Å². The Morgan fingerprint density at radius 3 is 3.24 bits per heavy atom. The van der Waals surface area contributed by atoms with Crippen LogP contribution in [0.5, 0.6) is 0 Å². The number of hydrogen-bond acceptors (Lipinski definition) is 5. The number of nitrogens with zero attached hydrogens (tertiary/aromatic N) is 1. The number of aromatic nitrogens is 1. The quantitative estimate of drug-likeness (QED) is 0.772. The van der Waals surface area contributed by atoms with E-state index in [1.54, 1.807) is 6.07 Å². The Labute approximate surface area is 99.7 Å². The van der Waals surface area contributed by atoms with E-state index in [4.69, 9.17) is 9.26 Å². The van der Waals surface area contributed by atoms with E-state index in [-0.39, 0.29) is 12.0 Å². The third-order valence-electron chi connectivity index (χ3n) is 2.55. The Kier molecular flexibility index (Phi) is 4.11. The smallest absolute Gasteiger partial charge is 0.223 e. The highest BCUT2D eigenvalue weighted by atomic mass is 16.5. The minimum atomic E-state index is -0.0345. The Bertz CT molecular complexity index is 372. The summed E-state index contributed by atoms with van der Waals surface area (Å²) in [6.07, 6.45) is 0.348. The van der Waals surface area contributed by atoms with E-state index in [1.165, 1.54) is 0 Å². The van der Waals surface area contributed by atoms with E-state index in [2.05, 4.69) is 15.8 Å². The van der Waals surface area contributed by atoms with Gasteiger partial charge in [-0.05, 0) is 6.92 Å². The van der Waals surface area contributed by atoms with Gasteiger partial charge in [-0.2, -0.15) is 0 Å². The second kappa shape index (κ2) is 5.79. The molecular weight excluding hydrogens is 222 g/mol. The highest BCUT2D eigenvalue weighted by molar-refractivity contribution is 5.76. The van der Waals surface area contributed by atoms with Crippen LogP contribution < -0.4 is 10.6 Å². The summed E-state index contributed by atoms with van der Waals surface area (Å²) in [6, 6.07) is 1.80. The van der Waals surface area contributed by atoms with E-state index in [0.717, 1.165) is 18.8 Å². The molecule has 1 aromatic heterocycles. The van der Waals surface area contributed by atoms with E-state index in [1.807, 2.05) is 6.92 Å². The van der Waals surface area contributed by atoms with Gasteiger partial charge in [0.2, 0.25) is 5.91 Å². The van der Waals surface area contributed by atoms with Crippen molar-refractivity contribution in [2.24, 2.45) is 0 Å². The largest absolute Gasteiger partial charge is 0.375 e. The minimum absolute atomic E-state index is 0.0276. The Hall–Kier alpha value is -1.40. The van der Waals surface area contributed by atoms with Crippen molar-refractivity contribution in [2.45, 2.75) is 26.0 Å². The number of hydrogen-bond donors (Lipinski definition) is 2. The number of nitrogens with one attached hydrogen (secondary N) is 2. The molecule has 17 heavy (non-hydrogen) atoms. The lowest BCUT2D eigenvalue weighted by Crippen LogP contribution is -2.41. The number of aryl methyl sites for hydroxylation is 1. The number of morpholine rings is 1. The van der Waals surface area contributed by atoms with Crippen molar-refractivity contribution in [3.8, 4) is 0 Å². The predicted molar refractivity (Wildman–Crippen MR) is 60.3 cm³/mol. The zero-order valence-electron chi connectivity index (χ0n) is 9.86. The Morgan fingerprint density at radius 1 is 1.71 bits per heavy atom. The molecule has 1 amide bonds. The molecular formula is C11H17N3O3. The zero-order chi connectivity index (χ0) is 12.1. The van der Waals surface area contributed by atoms with Gasteiger partial charge < -0.3 is 19.9 Å². The second-order valence-corrected chi connectivity index (χ2v) is 4.11. The van der Waals surface area contributed by atoms with Gasteiger partial charge in [0.25, 0.3) is 0 Å². The molecule has 0 aliphatic carbocycles. The molecule has 94 valence electrons. The molecule has 0 spiro atoms. The lowest BCUT2D eigenvalue weighted by molar-refractivity contribution is -0.124. The molecule has 1 saturated heterocycles. The highest BCUT2D eigenvalue weighted by Crippen LogP contribution is 2.03. The maximum atomic E-state index is 11.6. The number of amides is 1. The molecule has 0 bridgehead atoms. The lowest BCUT2D eigenvalue weighted by Gasteiger charge is -2.22. The van der Waals surface area contributed by atoms with Gasteiger partial charge in [0.05, 0.1) is 31.4 Å². The monoisotopic (exact) mass is 239 g/mol. The van der Waals surface area contributed by atoms with Crippen molar-refractivity contribution < 1.29 is 14.1 Å². The van der Waals surface area contributed by atoms with Gasteiger partial charge in [-0.15, -0.1) is 0 Å². The molecule has 6 nitrogen and oxygen atoms in total. The molecule has 6 heteroatoms. The molecule has 0 aromatic carbocycles. The SMILES string of the molecule is Cc1cc(CNC(=O)CC2CNCCO2)on1. The average Bonchev–Trinajstić information content (AvgIpc) is 2.74. The van der Waals surface area contributed by atoms with E-state index >= 15 is 0 Å². The standard InChI is InChI=1S/C11H17N3O3/c1-8-4-10(17-14-8)7-13-11(15)5-9-6-12-2-3-16-9/h4,9,12H,2-3,5-7H2,1H3,(H,13,15). The summed E-state index contributed by atoms with van der Waals surface area (Å²) in [7, 11) is 0. The second-order valence-electron chi connectivity index (χ2n) is 4.11. The van der Waals surface area contributed by atoms with Gasteiger partial charge in [0, 0.05) is 19.2 Å². The number of ether oxygens (including phenoxy) is 1. The molecule has 1 fully saturated rings. The molecule has 1 atom stereocenters. The lowest BCUT2D eigenvalue weighted by atomic mass is 10.2. The molecule has 1 aliphatic heterocycles. The van der Waals surface area contributed by atoms with Crippen LogP contribution in [-0.4, -0.2) is 36.9 Å². The van der Waals surface area contributed by atoms with Crippen LogP contribution in [0.4, 0.5) is 0 Å².